The molecule has 1 unspecified atom stereocenters. The third kappa shape index (κ3) is 3.37. The number of rotatable bonds is 6. The van der Waals surface area contributed by atoms with Gasteiger partial charge in [-0.05, 0) is 54.7 Å². The van der Waals surface area contributed by atoms with Crippen molar-refractivity contribution in [1.29, 1.82) is 0 Å². The fourth-order valence-corrected chi connectivity index (χ4v) is 6.33. The number of aromatic hydroxyl groups is 1. The first-order valence-corrected chi connectivity index (χ1v) is 12.8. The highest BCUT2D eigenvalue weighted by molar-refractivity contribution is 9.10. The van der Waals surface area contributed by atoms with Crippen LogP contribution in [0.25, 0.3) is 10.9 Å². The Morgan fingerprint density at radius 2 is 1.81 bits per heavy atom. The van der Waals surface area contributed by atoms with Gasteiger partial charge in [0.15, 0.2) is 5.78 Å². The zero-order valence-corrected chi connectivity index (χ0v) is 21.8. The summed E-state index contributed by atoms with van der Waals surface area (Å²) in [5.74, 6) is -3.52. The van der Waals surface area contributed by atoms with Gasteiger partial charge in [-0.15, -0.1) is 0 Å². The van der Waals surface area contributed by atoms with Crippen molar-refractivity contribution < 1.29 is 29.7 Å². The number of carbonyl (C=O) groups excluding carboxylic acids is 1. The summed E-state index contributed by atoms with van der Waals surface area (Å²) < 4.78 is 0.573. The number of halogens is 1. The number of carboxylic acid groups (broad SMARTS) is 2. The van der Waals surface area contributed by atoms with Crippen LogP contribution in [0.15, 0.2) is 69.4 Å². The molecule has 2 aromatic carbocycles. The number of allylic oxidation sites excluding steroid dienone is 3. The number of nitrogens with zero attached hydrogens (tertiary/aromatic N) is 1. The normalized spacial score (nSPS) is 19.2. The maximum Gasteiger partial charge on any atom is 0.340 e. The maximum absolute atomic E-state index is 14.0. The number of benzene rings is 2. The van der Waals surface area contributed by atoms with Crippen LogP contribution >= 0.6 is 15.9 Å². The van der Waals surface area contributed by atoms with E-state index in [1.54, 1.807) is 17.9 Å². The first kappa shape index (κ1) is 24.8. The van der Waals surface area contributed by atoms with Gasteiger partial charge >= 0.3 is 11.9 Å². The molecule has 0 amide bonds. The summed E-state index contributed by atoms with van der Waals surface area (Å²) in [7, 11) is 0. The second-order valence-electron chi connectivity index (χ2n) is 9.12. The number of phenols is 1. The van der Waals surface area contributed by atoms with Gasteiger partial charge < -0.3 is 25.2 Å². The highest BCUT2D eigenvalue weighted by atomic mass is 79.9. The lowest BCUT2D eigenvalue weighted by atomic mass is 9.70. The molecule has 0 fully saturated rings. The molecule has 8 nitrogen and oxygen atoms in total. The lowest BCUT2D eigenvalue weighted by Crippen LogP contribution is -2.60. The molecule has 3 aromatic rings. The van der Waals surface area contributed by atoms with Gasteiger partial charge in [-0.2, -0.15) is 0 Å². The van der Waals surface area contributed by atoms with E-state index in [0.717, 1.165) is 16.5 Å². The fourth-order valence-electron chi connectivity index (χ4n) is 5.97. The summed E-state index contributed by atoms with van der Waals surface area (Å²) in [4.78, 5) is 45.1. The van der Waals surface area contributed by atoms with Gasteiger partial charge in [0.2, 0.25) is 5.54 Å². The van der Waals surface area contributed by atoms with Gasteiger partial charge in [0.05, 0.1) is 16.8 Å². The molecule has 0 saturated carbocycles. The van der Waals surface area contributed by atoms with Crippen LogP contribution in [-0.2, 0) is 21.5 Å². The van der Waals surface area contributed by atoms with E-state index in [1.165, 1.54) is 12.1 Å². The van der Waals surface area contributed by atoms with Crippen molar-refractivity contribution in [3.05, 3.63) is 86.2 Å². The molecule has 9 heteroatoms. The smallest absolute Gasteiger partial charge is 0.340 e. The molecule has 4 N–H and O–H groups in total. The number of hydrogen-bond acceptors (Lipinski definition) is 5. The van der Waals surface area contributed by atoms with Crippen molar-refractivity contribution in [2.45, 2.75) is 38.6 Å². The van der Waals surface area contributed by atoms with Gasteiger partial charge in [-0.25, -0.2) is 9.59 Å². The topological polar surface area (TPSA) is 131 Å². The number of fused-ring (bicyclic) bond motifs is 5. The van der Waals surface area contributed by atoms with E-state index in [9.17, 15) is 29.7 Å². The minimum Gasteiger partial charge on any atom is -0.507 e. The summed E-state index contributed by atoms with van der Waals surface area (Å²) in [6.45, 7) is 3.73. The van der Waals surface area contributed by atoms with Crippen LogP contribution in [0.3, 0.4) is 0 Å². The highest BCUT2D eigenvalue weighted by Crippen LogP contribution is 2.52. The van der Waals surface area contributed by atoms with E-state index < -0.39 is 23.3 Å². The first-order valence-electron chi connectivity index (χ1n) is 12.0. The molecule has 0 spiro atoms. The Balaban J connectivity index is 1.89. The molecule has 2 aliphatic heterocycles. The zero-order chi connectivity index (χ0) is 26.6. The molecular formula is C28H25BrN2O6. The summed E-state index contributed by atoms with van der Waals surface area (Å²) >= 11 is 3.33. The van der Waals surface area contributed by atoms with Crippen LogP contribution in [0.1, 0.15) is 48.3 Å². The Hall–Kier alpha value is -3.85. The average molecular weight is 565 g/mol. The van der Waals surface area contributed by atoms with Crippen LogP contribution in [0.4, 0.5) is 0 Å². The van der Waals surface area contributed by atoms with Crippen molar-refractivity contribution in [1.82, 2.24) is 9.88 Å². The van der Waals surface area contributed by atoms with Crippen molar-refractivity contribution in [3.8, 4) is 5.75 Å². The number of phenolic OH excluding ortho intramolecular Hbond substituents is 1. The quantitative estimate of drug-likeness (QED) is 0.305. The van der Waals surface area contributed by atoms with Crippen LogP contribution < -0.4 is 0 Å². The number of hydrogen-bond donors (Lipinski definition) is 4. The monoisotopic (exact) mass is 564 g/mol. The number of nitrogens with one attached hydrogen (secondary N) is 1. The van der Waals surface area contributed by atoms with E-state index in [2.05, 4.69) is 20.9 Å². The molecular weight excluding hydrogens is 540 g/mol. The number of aromatic amines is 1. The third-order valence-corrected chi connectivity index (χ3v) is 7.88. The lowest BCUT2D eigenvalue weighted by Gasteiger charge is -2.50. The Morgan fingerprint density at radius 1 is 1.08 bits per heavy atom. The minimum absolute atomic E-state index is 0.0112. The highest BCUT2D eigenvalue weighted by Gasteiger charge is 2.60. The number of ketones is 1. The predicted octanol–water partition coefficient (Wildman–Crippen LogP) is 5.13. The van der Waals surface area contributed by atoms with E-state index in [-0.39, 0.29) is 47.4 Å². The standard InChI is InChI=1S/C28H25BrN2O6/c1-3-15-22(24(33)18-13-14(29)9-10-21(18)32)20(4-2)31-12-11-17-16-7-5-6-8-19(16)30-25(17)28(31,27(36)37)23(15)26(34)35/h5-10,13,30,32H,3-4,11-12H2,1-2H3,(H,34,35)(H,36,37). The largest absolute Gasteiger partial charge is 0.507 e. The number of para-hydroxylation sites is 1. The van der Waals surface area contributed by atoms with Crippen molar-refractivity contribution in [2.24, 2.45) is 0 Å². The Bertz CT molecular complexity index is 1570. The van der Waals surface area contributed by atoms with Crippen LogP contribution in [0.2, 0.25) is 0 Å². The third-order valence-electron chi connectivity index (χ3n) is 7.39. The Morgan fingerprint density at radius 3 is 2.46 bits per heavy atom. The molecule has 2 aliphatic rings. The Kier molecular flexibility index (Phi) is 5.98. The molecule has 0 bridgehead atoms. The number of aromatic nitrogens is 1. The van der Waals surface area contributed by atoms with Crippen molar-refractivity contribution in [3.63, 3.8) is 0 Å². The number of carbonyl (C=O) groups is 3. The van der Waals surface area contributed by atoms with E-state index in [0.29, 0.717) is 22.3 Å². The summed E-state index contributed by atoms with van der Waals surface area (Å²) in [6.07, 6.45) is 0.867. The van der Waals surface area contributed by atoms with Crippen LogP contribution in [0.5, 0.6) is 5.75 Å². The van der Waals surface area contributed by atoms with Crippen LogP contribution in [0, 0.1) is 0 Å². The zero-order valence-electron chi connectivity index (χ0n) is 20.3. The van der Waals surface area contributed by atoms with E-state index in [4.69, 9.17) is 0 Å². The molecule has 37 heavy (non-hydrogen) atoms. The van der Waals surface area contributed by atoms with Gasteiger partial charge in [-0.1, -0.05) is 48.0 Å². The van der Waals surface area contributed by atoms with Gasteiger partial charge in [-0.3, -0.25) is 4.79 Å². The average Bonchev–Trinajstić information content (AvgIpc) is 3.26. The summed E-state index contributed by atoms with van der Waals surface area (Å²) in [6, 6.07) is 11.9. The van der Waals surface area contributed by atoms with Gasteiger partial charge in [0.1, 0.15) is 5.75 Å². The fraction of sp³-hybridized carbons (Fsp3) is 0.250. The van der Waals surface area contributed by atoms with E-state index in [1.807, 2.05) is 31.2 Å². The van der Waals surface area contributed by atoms with Crippen molar-refractivity contribution >= 4 is 44.6 Å². The summed E-state index contributed by atoms with van der Waals surface area (Å²) in [5, 5.41) is 32.8. The molecule has 0 aliphatic carbocycles. The molecule has 0 radical (unpaired) electrons. The number of carboxylic acids is 2. The minimum atomic E-state index is -2.04. The second-order valence-corrected chi connectivity index (χ2v) is 10.0. The molecule has 1 aromatic heterocycles. The van der Waals surface area contributed by atoms with E-state index >= 15 is 0 Å². The molecule has 190 valence electrons. The first-order chi connectivity index (χ1) is 17.7. The predicted molar refractivity (Wildman–Crippen MR) is 140 cm³/mol. The SMILES string of the molecule is CCC1=C(C(=O)O)C2(C(=O)O)c3[nH]c4ccccc4c3CCN2C(CC)=C1C(=O)c1cc(Br)ccc1O. The van der Waals surface area contributed by atoms with Crippen molar-refractivity contribution in [2.75, 3.05) is 6.54 Å². The number of Topliss-reactive ketones (excluding diaryl/α,β-unsaturated/α-hetero) is 1. The number of H-pyrrole nitrogens is 1. The van der Waals surface area contributed by atoms with Crippen LogP contribution in [-0.4, -0.2) is 49.5 Å². The van der Waals surface area contributed by atoms with Gasteiger partial charge in [0, 0.05) is 33.2 Å². The Labute approximate surface area is 221 Å². The molecule has 3 heterocycles. The lowest BCUT2D eigenvalue weighted by molar-refractivity contribution is -0.153. The molecule has 0 saturated heterocycles. The number of aliphatic carboxylic acids is 2. The molecule has 5 rings (SSSR count). The second kappa shape index (κ2) is 8.92. The summed E-state index contributed by atoms with van der Waals surface area (Å²) in [5.41, 5.74) is 0.127. The maximum atomic E-state index is 14.0. The molecule has 1 atom stereocenters. The van der Waals surface area contributed by atoms with Gasteiger partial charge in [0.25, 0.3) is 0 Å².